The van der Waals surface area contributed by atoms with E-state index in [1.54, 1.807) is 22.7 Å². The third-order valence-corrected chi connectivity index (χ3v) is 5.41. The first-order valence-electron chi connectivity index (χ1n) is 7.59. The van der Waals surface area contributed by atoms with Crippen molar-refractivity contribution in [1.29, 1.82) is 0 Å². The smallest absolute Gasteiger partial charge is 0.191 e. The molecule has 2 heterocycles. The molecule has 0 aliphatic heterocycles. The molecule has 0 aliphatic rings. The Kier molecular flexibility index (Phi) is 9.08. The van der Waals surface area contributed by atoms with Crippen LogP contribution in [0.25, 0.3) is 0 Å². The van der Waals surface area contributed by atoms with Gasteiger partial charge in [0.2, 0.25) is 0 Å². The molecule has 0 bridgehead atoms. The summed E-state index contributed by atoms with van der Waals surface area (Å²) in [5.41, 5.74) is 2.37. The Balaban J connectivity index is 0.00000264. The molecule has 4 nitrogen and oxygen atoms in total. The summed E-state index contributed by atoms with van der Waals surface area (Å²) in [6.07, 6.45) is 0. The van der Waals surface area contributed by atoms with Gasteiger partial charge in [-0.2, -0.15) is 0 Å². The first-order valence-corrected chi connectivity index (χ1v) is 9.35. The topological polar surface area (TPSA) is 49.3 Å². The molecule has 2 rings (SSSR count). The van der Waals surface area contributed by atoms with E-state index < -0.39 is 0 Å². The maximum absolute atomic E-state index is 4.63. The van der Waals surface area contributed by atoms with Gasteiger partial charge in [-0.25, -0.2) is 9.98 Å². The Bertz CT molecular complexity index is 619. The fourth-order valence-corrected chi connectivity index (χ4v) is 3.58. The Hall–Kier alpha value is -0.670. The lowest BCUT2D eigenvalue weighted by Crippen LogP contribution is -2.36. The number of guanidine groups is 1. The van der Waals surface area contributed by atoms with E-state index in [0.29, 0.717) is 12.5 Å². The predicted octanol–water partition coefficient (Wildman–Crippen LogP) is 4.51. The summed E-state index contributed by atoms with van der Waals surface area (Å²) in [6.45, 7) is 10.8. The molecule has 0 radical (unpaired) electrons. The van der Waals surface area contributed by atoms with Crippen molar-refractivity contribution in [3.8, 4) is 0 Å². The third-order valence-electron chi connectivity index (χ3n) is 3.19. The largest absolute Gasteiger partial charge is 0.357 e. The van der Waals surface area contributed by atoms with Crippen molar-refractivity contribution in [2.75, 3.05) is 6.54 Å². The van der Waals surface area contributed by atoms with Crippen molar-refractivity contribution in [2.24, 2.45) is 4.99 Å². The first kappa shape index (κ1) is 20.4. The lowest BCUT2D eigenvalue weighted by atomic mass is 10.2. The van der Waals surface area contributed by atoms with Crippen molar-refractivity contribution in [3.63, 3.8) is 0 Å². The zero-order valence-corrected chi connectivity index (χ0v) is 18.0. The van der Waals surface area contributed by atoms with Gasteiger partial charge in [0, 0.05) is 22.7 Å². The molecule has 128 valence electrons. The van der Waals surface area contributed by atoms with Crippen LogP contribution in [0.2, 0.25) is 0 Å². The van der Waals surface area contributed by atoms with Gasteiger partial charge in [-0.05, 0) is 30.9 Å². The number of hydrogen-bond donors (Lipinski definition) is 2. The molecule has 0 spiro atoms. The van der Waals surface area contributed by atoms with Gasteiger partial charge in [0.15, 0.2) is 5.96 Å². The molecule has 0 atom stereocenters. The number of aliphatic imine (C=N–C) groups is 1. The SMILES string of the molecule is CCNC(=NCc1csc(C(C)C)n1)NCc1sccc1C.I. The molecule has 0 saturated carbocycles. The summed E-state index contributed by atoms with van der Waals surface area (Å²) < 4.78 is 0. The zero-order chi connectivity index (χ0) is 15.9. The average molecular weight is 464 g/mol. The molecule has 0 aromatic carbocycles. The monoisotopic (exact) mass is 464 g/mol. The van der Waals surface area contributed by atoms with E-state index in [1.807, 2.05) is 0 Å². The van der Waals surface area contributed by atoms with Gasteiger partial charge >= 0.3 is 0 Å². The molecule has 2 aromatic rings. The van der Waals surface area contributed by atoms with Crippen LogP contribution < -0.4 is 10.6 Å². The molecule has 0 aliphatic carbocycles. The van der Waals surface area contributed by atoms with Crippen LogP contribution in [0.5, 0.6) is 0 Å². The van der Waals surface area contributed by atoms with Crippen LogP contribution >= 0.6 is 46.7 Å². The minimum atomic E-state index is 0. The number of aromatic nitrogens is 1. The number of nitrogens with one attached hydrogen (secondary N) is 2. The zero-order valence-electron chi connectivity index (χ0n) is 14.0. The maximum Gasteiger partial charge on any atom is 0.191 e. The van der Waals surface area contributed by atoms with E-state index >= 15 is 0 Å². The van der Waals surface area contributed by atoms with Gasteiger partial charge in [0.1, 0.15) is 0 Å². The second kappa shape index (κ2) is 10.2. The number of rotatable bonds is 6. The van der Waals surface area contributed by atoms with Crippen LogP contribution in [0, 0.1) is 6.92 Å². The lowest BCUT2D eigenvalue weighted by molar-refractivity contribution is 0.809. The molecule has 2 N–H and O–H groups in total. The minimum absolute atomic E-state index is 0. The van der Waals surface area contributed by atoms with E-state index in [1.165, 1.54) is 15.4 Å². The molecule has 2 aromatic heterocycles. The second-order valence-corrected chi connectivity index (χ2v) is 7.30. The van der Waals surface area contributed by atoms with Gasteiger partial charge in [-0.1, -0.05) is 13.8 Å². The molecule has 0 saturated heterocycles. The lowest BCUT2D eigenvalue weighted by Gasteiger charge is -2.10. The Morgan fingerprint density at radius 1 is 1.30 bits per heavy atom. The van der Waals surface area contributed by atoms with E-state index in [0.717, 1.165) is 24.7 Å². The van der Waals surface area contributed by atoms with Crippen molar-refractivity contribution >= 4 is 52.6 Å². The van der Waals surface area contributed by atoms with E-state index in [9.17, 15) is 0 Å². The molecule has 0 fully saturated rings. The number of nitrogens with zero attached hydrogens (tertiary/aromatic N) is 2. The van der Waals surface area contributed by atoms with Crippen molar-refractivity contribution < 1.29 is 0 Å². The highest BCUT2D eigenvalue weighted by molar-refractivity contribution is 14.0. The molecule has 0 unspecified atom stereocenters. The van der Waals surface area contributed by atoms with E-state index in [4.69, 9.17) is 0 Å². The first-order chi connectivity index (χ1) is 10.6. The van der Waals surface area contributed by atoms with Crippen LogP contribution in [0.4, 0.5) is 0 Å². The molecule has 0 amide bonds. The van der Waals surface area contributed by atoms with Crippen LogP contribution in [0.1, 0.15) is 47.8 Å². The fraction of sp³-hybridized carbons (Fsp3) is 0.500. The number of aryl methyl sites for hydroxylation is 1. The standard InChI is InChI=1S/C16H24N4S2.HI/c1-5-17-16(19-9-14-12(4)6-7-21-14)18-8-13-10-22-15(20-13)11(2)3;/h6-7,10-11H,5,8-9H2,1-4H3,(H2,17,18,19);1H. The summed E-state index contributed by atoms with van der Waals surface area (Å²) in [7, 11) is 0. The summed E-state index contributed by atoms with van der Waals surface area (Å²) in [5.74, 6) is 1.32. The quantitative estimate of drug-likeness (QED) is 0.376. The van der Waals surface area contributed by atoms with Crippen LogP contribution in [-0.4, -0.2) is 17.5 Å². The molecule has 23 heavy (non-hydrogen) atoms. The number of hydrogen-bond acceptors (Lipinski definition) is 4. The normalized spacial score (nSPS) is 11.4. The highest BCUT2D eigenvalue weighted by Gasteiger charge is 2.06. The van der Waals surface area contributed by atoms with E-state index in [-0.39, 0.29) is 24.0 Å². The Labute approximate surface area is 163 Å². The number of thiazole rings is 1. The number of halogens is 1. The van der Waals surface area contributed by atoms with E-state index in [2.05, 4.69) is 65.1 Å². The van der Waals surface area contributed by atoms with Gasteiger partial charge in [-0.15, -0.1) is 46.7 Å². The molecule has 7 heteroatoms. The van der Waals surface area contributed by atoms with Crippen molar-refractivity contribution in [1.82, 2.24) is 15.6 Å². The van der Waals surface area contributed by atoms with Crippen LogP contribution in [0.15, 0.2) is 21.8 Å². The summed E-state index contributed by atoms with van der Waals surface area (Å²) in [4.78, 5) is 10.6. The summed E-state index contributed by atoms with van der Waals surface area (Å²) in [6, 6.07) is 2.15. The van der Waals surface area contributed by atoms with Crippen LogP contribution in [-0.2, 0) is 13.1 Å². The Morgan fingerprint density at radius 3 is 2.65 bits per heavy atom. The van der Waals surface area contributed by atoms with Crippen LogP contribution in [0.3, 0.4) is 0 Å². The number of thiophene rings is 1. The predicted molar refractivity (Wildman–Crippen MR) is 112 cm³/mol. The van der Waals surface area contributed by atoms with Gasteiger partial charge in [0.25, 0.3) is 0 Å². The average Bonchev–Trinajstić information content (AvgIpc) is 3.11. The molecular formula is C16H25IN4S2. The van der Waals surface area contributed by atoms with Gasteiger partial charge in [-0.3, -0.25) is 0 Å². The van der Waals surface area contributed by atoms with Gasteiger partial charge < -0.3 is 10.6 Å². The Morgan fingerprint density at radius 2 is 2.09 bits per heavy atom. The highest BCUT2D eigenvalue weighted by atomic mass is 127. The summed E-state index contributed by atoms with van der Waals surface area (Å²) in [5, 5.41) is 12.1. The third kappa shape index (κ3) is 6.39. The fourth-order valence-electron chi connectivity index (χ4n) is 1.91. The highest BCUT2D eigenvalue weighted by Crippen LogP contribution is 2.19. The van der Waals surface area contributed by atoms with Gasteiger partial charge in [0.05, 0.1) is 23.8 Å². The molecular weight excluding hydrogens is 439 g/mol. The van der Waals surface area contributed by atoms with Crippen molar-refractivity contribution in [2.45, 2.75) is 46.7 Å². The maximum atomic E-state index is 4.63. The van der Waals surface area contributed by atoms with Crippen molar-refractivity contribution in [3.05, 3.63) is 38.0 Å². The second-order valence-electron chi connectivity index (χ2n) is 5.41. The summed E-state index contributed by atoms with van der Waals surface area (Å²) >= 11 is 3.49. The minimum Gasteiger partial charge on any atom is -0.357 e.